The van der Waals surface area contributed by atoms with Crippen LogP contribution >= 0.6 is 0 Å². The molecule has 18 heavy (non-hydrogen) atoms. The third kappa shape index (κ3) is 2.45. The Hall–Kier alpha value is -2.04. The van der Waals surface area contributed by atoms with Crippen LogP contribution in [-0.4, -0.2) is 10.8 Å². The van der Waals surface area contributed by atoms with Crippen molar-refractivity contribution in [2.45, 2.75) is 13.1 Å². The number of aromatic amines is 1. The highest BCUT2D eigenvalue weighted by molar-refractivity contribution is 5.95. The fourth-order valence-electron chi connectivity index (χ4n) is 1.66. The Bertz CT molecular complexity index is 570. The van der Waals surface area contributed by atoms with Gasteiger partial charge in [0.15, 0.2) is 5.78 Å². The maximum Gasteiger partial charge on any atom is 0.416 e. The molecule has 1 heterocycles. The standard InChI is InChI=1S/C13H10F3NO/c1-8(18)10-4-11(9-2-3-17-7-9)6-12(5-10)13(14,15)16/h2-7,17H,1H3. The monoisotopic (exact) mass is 253 g/mol. The largest absolute Gasteiger partial charge is 0.416 e. The first-order chi connectivity index (χ1) is 8.38. The Labute approximate surface area is 101 Å². The van der Waals surface area contributed by atoms with Crippen LogP contribution in [0.3, 0.4) is 0 Å². The molecule has 0 unspecified atom stereocenters. The number of carbonyl (C=O) groups excluding carboxylic acids is 1. The van der Waals surface area contributed by atoms with E-state index in [1.54, 1.807) is 18.5 Å². The van der Waals surface area contributed by atoms with Crippen molar-refractivity contribution in [1.29, 1.82) is 0 Å². The van der Waals surface area contributed by atoms with Gasteiger partial charge in [0.2, 0.25) is 0 Å². The van der Waals surface area contributed by atoms with Gasteiger partial charge in [-0.15, -0.1) is 0 Å². The van der Waals surface area contributed by atoms with Gasteiger partial charge in [0.05, 0.1) is 5.56 Å². The molecule has 2 nitrogen and oxygen atoms in total. The molecule has 0 saturated heterocycles. The summed E-state index contributed by atoms with van der Waals surface area (Å²) < 4.78 is 38.2. The van der Waals surface area contributed by atoms with Gasteiger partial charge in [0, 0.05) is 18.0 Å². The molecule has 0 saturated carbocycles. The van der Waals surface area contributed by atoms with Gasteiger partial charge in [-0.3, -0.25) is 4.79 Å². The molecule has 0 fully saturated rings. The van der Waals surface area contributed by atoms with E-state index in [9.17, 15) is 18.0 Å². The third-order valence-electron chi connectivity index (χ3n) is 2.60. The van der Waals surface area contributed by atoms with Crippen molar-refractivity contribution in [2.75, 3.05) is 0 Å². The van der Waals surface area contributed by atoms with Crippen LogP contribution in [0.25, 0.3) is 11.1 Å². The average molecular weight is 253 g/mol. The number of ketones is 1. The van der Waals surface area contributed by atoms with Gasteiger partial charge in [-0.05, 0) is 42.3 Å². The maximum absolute atomic E-state index is 12.7. The highest BCUT2D eigenvalue weighted by Crippen LogP contribution is 2.33. The van der Waals surface area contributed by atoms with E-state index >= 15 is 0 Å². The van der Waals surface area contributed by atoms with Crippen LogP contribution in [0.4, 0.5) is 13.2 Å². The molecule has 0 atom stereocenters. The zero-order valence-corrected chi connectivity index (χ0v) is 9.51. The molecule has 0 spiro atoms. The van der Waals surface area contributed by atoms with Crippen molar-refractivity contribution < 1.29 is 18.0 Å². The minimum Gasteiger partial charge on any atom is -0.367 e. The number of H-pyrrole nitrogens is 1. The molecule has 0 aliphatic carbocycles. The van der Waals surface area contributed by atoms with Gasteiger partial charge in [0.1, 0.15) is 0 Å². The van der Waals surface area contributed by atoms with Gasteiger partial charge in [0.25, 0.3) is 0 Å². The number of aromatic nitrogens is 1. The lowest BCUT2D eigenvalue weighted by Gasteiger charge is -2.10. The SMILES string of the molecule is CC(=O)c1cc(-c2cc[nH]c2)cc(C(F)(F)F)c1. The van der Waals surface area contributed by atoms with Gasteiger partial charge >= 0.3 is 6.18 Å². The van der Waals surface area contributed by atoms with Crippen LogP contribution in [0.5, 0.6) is 0 Å². The second-order valence-electron chi connectivity index (χ2n) is 3.95. The van der Waals surface area contributed by atoms with E-state index in [0.29, 0.717) is 11.1 Å². The summed E-state index contributed by atoms with van der Waals surface area (Å²) in [7, 11) is 0. The van der Waals surface area contributed by atoms with Gasteiger partial charge < -0.3 is 4.98 Å². The molecule has 1 N–H and O–H groups in total. The van der Waals surface area contributed by atoms with Crippen molar-refractivity contribution >= 4 is 5.78 Å². The number of carbonyl (C=O) groups is 1. The predicted molar refractivity (Wildman–Crippen MR) is 61.2 cm³/mol. The number of benzene rings is 1. The van der Waals surface area contributed by atoms with Crippen LogP contribution in [0.15, 0.2) is 36.7 Å². The summed E-state index contributed by atoms with van der Waals surface area (Å²) in [6, 6.07) is 5.02. The van der Waals surface area contributed by atoms with E-state index in [1.807, 2.05) is 0 Å². The second kappa shape index (κ2) is 4.33. The fraction of sp³-hybridized carbons (Fsp3) is 0.154. The first-order valence-electron chi connectivity index (χ1n) is 5.24. The minimum absolute atomic E-state index is 0.0565. The molecule has 2 aromatic rings. The Morgan fingerprint density at radius 2 is 1.89 bits per heavy atom. The molecule has 0 radical (unpaired) electrons. The van der Waals surface area contributed by atoms with Crippen LogP contribution < -0.4 is 0 Å². The molecule has 2 rings (SSSR count). The van der Waals surface area contributed by atoms with Crippen LogP contribution in [-0.2, 0) is 6.18 Å². The van der Waals surface area contributed by atoms with E-state index in [-0.39, 0.29) is 5.56 Å². The maximum atomic E-state index is 12.7. The normalized spacial score (nSPS) is 11.6. The summed E-state index contributed by atoms with van der Waals surface area (Å²) in [4.78, 5) is 14.0. The highest BCUT2D eigenvalue weighted by atomic mass is 19.4. The van der Waals surface area contributed by atoms with Gasteiger partial charge in [-0.25, -0.2) is 0 Å². The molecule has 5 heteroatoms. The van der Waals surface area contributed by atoms with Gasteiger partial charge in [-0.2, -0.15) is 13.2 Å². The summed E-state index contributed by atoms with van der Waals surface area (Å²) in [5.74, 6) is -0.391. The average Bonchev–Trinajstić information content (AvgIpc) is 2.80. The zero-order chi connectivity index (χ0) is 13.3. The van der Waals surface area contributed by atoms with E-state index in [0.717, 1.165) is 12.1 Å². The van der Waals surface area contributed by atoms with Crippen molar-refractivity contribution in [2.24, 2.45) is 0 Å². The van der Waals surface area contributed by atoms with E-state index in [2.05, 4.69) is 4.98 Å². The number of Topliss-reactive ketones (excluding diaryl/α,β-unsaturated/α-hetero) is 1. The quantitative estimate of drug-likeness (QED) is 0.809. The topological polar surface area (TPSA) is 32.9 Å². The summed E-state index contributed by atoms with van der Waals surface area (Å²) in [5, 5.41) is 0. The number of nitrogens with one attached hydrogen (secondary N) is 1. The van der Waals surface area contributed by atoms with Crippen molar-refractivity contribution in [1.82, 2.24) is 4.98 Å². The van der Waals surface area contributed by atoms with Crippen molar-refractivity contribution in [3.63, 3.8) is 0 Å². The molecule has 0 aliphatic heterocycles. The summed E-state index contributed by atoms with van der Waals surface area (Å²) in [6.07, 6.45) is -1.26. The molecular formula is C13H10F3NO. The van der Waals surface area contributed by atoms with E-state index in [4.69, 9.17) is 0 Å². The lowest BCUT2D eigenvalue weighted by Crippen LogP contribution is -2.07. The molecule has 0 amide bonds. The number of hydrogen-bond acceptors (Lipinski definition) is 1. The molecule has 1 aromatic heterocycles. The Morgan fingerprint density at radius 1 is 1.17 bits per heavy atom. The number of alkyl halides is 3. The fourth-order valence-corrected chi connectivity index (χ4v) is 1.66. The van der Waals surface area contributed by atoms with E-state index in [1.165, 1.54) is 13.0 Å². The molecule has 0 aliphatic rings. The predicted octanol–water partition coefficient (Wildman–Crippen LogP) is 3.90. The number of hydrogen-bond donors (Lipinski definition) is 1. The van der Waals surface area contributed by atoms with Crippen molar-refractivity contribution in [3.05, 3.63) is 47.8 Å². The number of halogens is 3. The van der Waals surface area contributed by atoms with E-state index < -0.39 is 17.5 Å². The molecular weight excluding hydrogens is 243 g/mol. The molecule has 94 valence electrons. The minimum atomic E-state index is -4.46. The summed E-state index contributed by atoms with van der Waals surface area (Å²) in [5.41, 5.74) is 0.229. The summed E-state index contributed by atoms with van der Waals surface area (Å²) >= 11 is 0. The van der Waals surface area contributed by atoms with Gasteiger partial charge in [-0.1, -0.05) is 0 Å². The lowest BCUT2D eigenvalue weighted by molar-refractivity contribution is -0.137. The first kappa shape index (κ1) is 12.4. The summed E-state index contributed by atoms with van der Waals surface area (Å²) in [6.45, 7) is 1.25. The number of rotatable bonds is 2. The second-order valence-corrected chi connectivity index (χ2v) is 3.95. The highest BCUT2D eigenvalue weighted by Gasteiger charge is 2.31. The Morgan fingerprint density at radius 3 is 2.39 bits per heavy atom. The smallest absolute Gasteiger partial charge is 0.367 e. The Balaban J connectivity index is 2.61. The lowest BCUT2D eigenvalue weighted by atomic mass is 10.00. The van der Waals surface area contributed by atoms with Crippen LogP contribution in [0.1, 0.15) is 22.8 Å². The van der Waals surface area contributed by atoms with Crippen LogP contribution in [0, 0.1) is 0 Å². The first-order valence-corrected chi connectivity index (χ1v) is 5.24. The molecule has 0 bridgehead atoms. The third-order valence-corrected chi connectivity index (χ3v) is 2.60. The molecule has 1 aromatic carbocycles. The Kier molecular flexibility index (Phi) is 2.98. The zero-order valence-electron chi connectivity index (χ0n) is 9.51. The van der Waals surface area contributed by atoms with Crippen molar-refractivity contribution in [3.8, 4) is 11.1 Å². The van der Waals surface area contributed by atoms with Crippen LogP contribution in [0.2, 0.25) is 0 Å².